The number of morpholine rings is 1. The molecule has 6 nitrogen and oxygen atoms in total. The van der Waals surface area contributed by atoms with Crippen molar-refractivity contribution < 1.29 is 27.5 Å². The first-order chi connectivity index (χ1) is 11.7. The average molecular weight is 396 g/mol. The minimum absolute atomic E-state index is 0. The lowest BCUT2D eigenvalue weighted by molar-refractivity contribution is -0.184. The summed E-state index contributed by atoms with van der Waals surface area (Å²) in [7, 11) is 1.08. The van der Waals surface area contributed by atoms with Crippen LogP contribution in [0.3, 0.4) is 0 Å². The van der Waals surface area contributed by atoms with Gasteiger partial charge in [-0.15, -0.1) is 12.4 Å². The Labute approximate surface area is 155 Å². The summed E-state index contributed by atoms with van der Waals surface area (Å²) in [5, 5.41) is 5.76. The van der Waals surface area contributed by atoms with E-state index in [9.17, 15) is 22.8 Å². The van der Waals surface area contributed by atoms with E-state index in [0.29, 0.717) is 29.3 Å². The maximum atomic E-state index is 12.4. The molecule has 26 heavy (non-hydrogen) atoms. The van der Waals surface area contributed by atoms with Gasteiger partial charge in [0.15, 0.2) is 0 Å². The maximum Gasteiger partial charge on any atom is 0.471 e. The second-order valence-electron chi connectivity index (χ2n) is 5.86. The van der Waals surface area contributed by atoms with E-state index in [-0.39, 0.29) is 31.0 Å². The van der Waals surface area contributed by atoms with Crippen molar-refractivity contribution in [1.29, 1.82) is 0 Å². The van der Waals surface area contributed by atoms with Crippen molar-refractivity contribution in [2.45, 2.75) is 31.8 Å². The number of halogens is 4. The van der Waals surface area contributed by atoms with E-state index < -0.39 is 18.1 Å². The number of amides is 2. The summed E-state index contributed by atoms with van der Waals surface area (Å²) in [6.45, 7) is 2.65. The quantitative estimate of drug-likeness (QED) is 0.817. The van der Waals surface area contributed by atoms with Gasteiger partial charge in [0, 0.05) is 25.8 Å². The van der Waals surface area contributed by atoms with E-state index in [2.05, 4.69) is 10.6 Å². The molecular formula is C16H21ClF3N3O3. The summed E-state index contributed by atoms with van der Waals surface area (Å²) in [4.78, 5) is 24.1. The van der Waals surface area contributed by atoms with Gasteiger partial charge >= 0.3 is 12.1 Å². The third-order valence-electron chi connectivity index (χ3n) is 3.80. The van der Waals surface area contributed by atoms with Crippen LogP contribution in [0.2, 0.25) is 0 Å². The minimum Gasteiger partial charge on any atom is -0.375 e. The van der Waals surface area contributed by atoms with Crippen LogP contribution < -0.4 is 10.6 Å². The zero-order chi connectivity index (χ0) is 18.6. The molecule has 10 heteroatoms. The Morgan fingerprint density at radius 2 is 2.08 bits per heavy atom. The maximum absolute atomic E-state index is 12.4. The van der Waals surface area contributed by atoms with Gasteiger partial charge in [-0.25, -0.2) is 0 Å². The van der Waals surface area contributed by atoms with Crippen molar-refractivity contribution in [3.05, 3.63) is 29.8 Å². The highest BCUT2D eigenvalue weighted by Gasteiger charge is 2.41. The third-order valence-corrected chi connectivity index (χ3v) is 3.80. The molecule has 2 amide bonds. The molecule has 0 radical (unpaired) electrons. The fraction of sp³-hybridized carbons (Fsp3) is 0.500. The van der Waals surface area contributed by atoms with E-state index in [1.54, 1.807) is 25.1 Å². The van der Waals surface area contributed by atoms with Crippen LogP contribution in [-0.2, 0) is 20.9 Å². The van der Waals surface area contributed by atoms with Gasteiger partial charge in [0.1, 0.15) is 6.04 Å². The number of nitrogens with zero attached hydrogens (tertiary/aromatic N) is 1. The molecule has 0 aromatic heterocycles. The van der Waals surface area contributed by atoms with E-state index in [1.165, 1.54) is 6.07 Å². The third kappa shape index (κ3) is 5.86. The Morgan fingerprint density at radius 3 is 2.69 bits per heavy atom. The normalized spacial score (nSPS) is 20.0. The molecule has 1 heterocycles. The van der Waals surface area contributed by atoms with Gasteiger partial charge in [-0.3, -0.25) is 9.59 Å². The van der Waals surface area contributed by atoms with Gasteiger partial charge in [-0.1, -0.05) is 12.1 Å². The molecule has 2 N–H and O–H groups in total. The van der Waals surface area contributed by atoms with E-state index >= 15 is 0 Å². The van der Waals surface area contributed by atoms with Crippen molar-refractivity contribution in [2.75, 3.05) is 25.5 Å². The number of rotatable bonds is 4. The predicted molar refractivity (Wildman–Crippen MR) is 92.1 cm³/mol. The summed E-state index contributed by atoms with van der Waals surface area (Å²) in [6, 6.07) is 5.84. The van der Waals surface area contributed by atoms with Gasteiger partial charge in [0.2, 0.25) is 5.91 Å². The first-order valence-electron chi connectivity index (χ1n) is 7.75. The predicted octanol–water partition coefficient (Wildman–Crippen LogP) is 1.94. The summed E-state index contributed by atoms with van der Waals surface area (Å²) >= 11 is 0. The molecule has 0 spiro atoms. The fourth-order valence-electron chi connectivity index (χ4n) is 2.56. The molecule has 0 saturated carbocycles. The highest BCUT2D eigenvalue weighted by Crippen LogP contribution is 2.20. The lowest BCUT2D eigenvalue weighted by Gasteiger charge is -2.29. The van der Waals surface area contributed by atoms with Gasteiger partial charge < -0.3 is 20.3 Å². The van der Waals surface area contributed by atoms with Gasteiger partial charge in [0.05, 0.1) is 12.7 Å². The number of ether oxygens (including phenoxy) is 1. The Hall–Kier alpha value is -1.84. The van der Waals surface area contributed by atoms with Crippen molar-refractivity contribution >= 4 is 29.9 Å². The molecule has 0 bridgehead atoms. The standard InChI is InChI=1S/C16H20F3N3O3.ClH/c1-10-13(20-6-7-25-10)14(23)21-12-5-3-4-11(8-12)9-22(2)15(24)16(17,18)19;/h3-5,8,10,13,20H,6-7,9H2,1-2H3,(H,21,23);1H/t10-,13+;/m1./s1. The molecule has 1 fully saturated rings. The Balaban J connectivity index is 0.00000338. The number of nitrogens with one attached hydrogen (secondary N) is 2. The lowest BCUT2D eigenvalue weighted by Crippen LogP contribution is -2.53. The highest BCUT2D eigenvalue weighted by atomic mass is 35.5. The summed E-state index contributed by atoms with van der Waals surface area (Å²) < 4.78 is 42.7. The van der Waals surface area contributed by atoms with Crippen LogP contribution in [0.4, 0.5) is 18.9 Å². The van der Waals surface area contributed by atoms with Crippen LogP contribution in [0.15, 0.2) is 24.3 Å². The molecule has 0 unspecified atom stereocenters. The molecule has 1 aliphatic rings. The fourth-order valence-corrected chi connectivity index (χ4v) is 2.56. The van der Waals surface area contributed by atoms with Crippen LogP contribution in [-0.4, -0.2) is 55.2 Å². The molecule has 2 rings (SSSR count). The van der Waals surface area contributed by atoms with Gasteiger partial charge in [-0.2, -0.15) is 13.2 Å². The second-order valence-corrected chi connectivity index (χ2v) is 5.86. The van der Waals surface area contributed by atoms with E-state index in [4.69, 9.17) is 4.74 Å². The average Bonchev–Trinajstić information content (AvgIpc) is 2.53. The Kier molecular flexibility index (Phi) is 7.86. The number of carbonyl (C=O) groups excluding carboxylic acids is 2. The van der Waals surface area contributed by atoms with Crippen molar-refractivity contribution in [3.8, 4) is 0 Å². The number of alkyl halides is 3. The molecule has 1 aromatic carbocycles. The van der Waals surface area contributed by atoms with E-state index in [1.807, 2.05) is 0 Å². The SMILES string of the molecule is C[C@H]1OCCN[C@@H]1C(=O)Nc1cccc(CN(C)C(=O)C(F)(F)F)c1.Cl. The topological polar surface area (TPSA) is 70.7 Å². The number of hydrogen-bond donors (Lipinski definition) is 2. The zero-order valence-corrected chi connectivity index (χ0v) is 15.1. The number of benzene rings is 1. The number of anilines is 1. The van der Waals surface area contributed by atoms with Crippen LogP contribution in [0.5, 0.6) is 0 Å². The molecule has 2 atom stereocenters. The molecular weight excluding hydrogens is 375 g/mol. The monoisotopic (exact) mass is 395 g/mol. The van der Waals surface area contributed by atoms with Crippen LogP contribution in [0, 0.1) is 0 Å². The Morgan fingerprint density at radius 1 is 1.38 bits per heavy atom. The lowest BCUT2D eigenvalue weighted by atomic mass is 10.1. The first kappa shape index (κ1) is 22.2. The van der Waals surface area contributed by atoms with Gasteiger partial charge in [-0.05, 0) is 24.6 Å². The highest BCUT2D eigenvalue weighted by molar-refractivity contribution is 5.95. The van der Waals surface area contributed by atoms with Crippen molar-refractivity contribution in [3.63, 3.8) is 0 Å². The van der Waals surface area contributed by atoms with Crippen LogP contribution in [0.1, 0.15) is 12.5 Å². The first-order valence-corrected chi connectivity index (χ1v) is 7.75. The van der Waals surface area contributed by atoms with Crippen LogP contribution in [0.25, 0.3) is 0 Å². The molecule has 0 aliphatic carbocycles. The zero-order valence-electron chi connectivity index (χ0n) is 14.3. The van der Waals surface area contributed by atoms with Crippen molar-refractivity contribution in [1.82, 2.24) is 10.2 Å². The Bertz CT molecular complexity index is 643. The molecule has 1 aromatic rings. The van der Waals surface area contributed by atoms with E-state index in [0.717, 1.165) is 7.05 Å². The smallest absolute Gasteiger partial charge is 0.375 e. The molecule has 146 valence electrons. The molecule has 1 saturated heterocycles. The summed E-state index contributed by atoms with van der Waals surface area (Å²) in [5.41, 5.74) is 0.911. The van der Waals surface area contributed by atoms with Crippen LogP contribution >= 0.6 is 12.4 Å². The largest absolute Gasteiger partial charge is 0.471 e. The second kappa shape index (κ2) is 9.20. The number of carbonyl (C=O) groups is 2. The summed E-state index contributed by atoms with van der Waals surface area (Å²) in [6.07, 6.45) is -5.20. The molecule has 1 aliphatic heterocycles. The van der Waals surface area contributed by atoms with Gasteiger partial charge in [0.25, 0.3) is 0 Å². The number of hydrogen-bond acceptors (Lipinski definition) is 4. The minimum atomic E-state index is -4.91. The van der Waals surface area contributed by atoms with Crippen molar-refractivity contribution in [2.24, 2.45) is 0 Å². The summed E-state index contributed by atoms with van der Waals surface area (Å²) in [5.74, 6) is -2.21.